The molecule has 1 aromatic carbocycles. The largest absolute Gasteiger partial charge is 0.481 e. The molecule has 88 valence electrons. The molecule has 0 aromatic heterocycles. The predicted molar refractivity (Wildman–Crippen MR) is 64.2 cm³/mol. The number of hydrogen-bond donors (Lipinski definition) is 2. The van der Waals surface area contributed by atoms with Crippen LogP contribution in [0.3, 0.4) is 0 Å². The van der Waals surface area contributed by atoms with Gasteiger partial charge in [0.05, 0.1) is 5.41 Å². The lowest BCUT2D eigenvalue weighted by Gasteiger charge is -2.23. The summed E-state index contributed by atoms with van der Waals surface area (Å²) in [7, 11) is 0. The molecule has 0 aliphatic rings. The van der Waals surface area contributed by atoms with Crippen molar-refractivity contribution in [1.29, 1.82) is 0 Å². The molecule has 0 spiro atoms. The number of benzene rings is 1. The molecule has 0 aliphatic carbocycles. The molecule has 1 atom stereocenters. The molecule has 0 saturated heterocycles. The zero-order valence-electron chi connectivity index (χ0n) is 9.81. The van der Waals surface area contributed by atoms with Crippen molar-refractivity contribution in [3.63, 3.8) is 0 Å². The van der Waals surface area contributed by atoms with Crippen molar-refractivity contribution < 1.29 is 9.90 Å². The Morgan fingerprint density at radius 2 is 1.94 bits per heavy atom. The van der Waals surface area contributed by atoms with Crippen molar-refractivity contribution in [2.75, 3.05) is 0 Å². The summed E-state index contributed by atoms with van der Waals surface area (Å²) < 4.78 is 0. The van der Waals surface area contributed by atoms with Crippen LogP contribution in [0.5, 0.6) is 0 Å². The van der Waals surface area contributed by atoms with Crippen molar-refractivity contribution in [2.24, 2.45) is 11.1 Å². The predicted octanol–water partition coefficient (Wildman–Crippen LogP) is 2.06. The summed E-state index contributed by atoms with van der Waals surface area (Å²) in [6.07, 6.45) is 1.20. The minimum Gasteiger partial charge on any atom is -0.481 e. The van der Waals surface area contributed by atoms with Crippen LogP contribution in [0, 0.1) is 5.41 Å². The fourth-order valence-corrected chi connectivity index (χ4v) is 1.73. The Labute approximate surface area is 96.3 Å². The second-order valence-corrected chi connectivity index (χ2v) is 4.84. The molecule has 0 heterocycles. The number of nitrogens with two attached hydrogens (primary N) is 1. The number of carboxylic acids is 1. The Hall–Kier alpha value is -1.35. The number of carboxylic acid groups (broad SMARTS) is 1. The van der Waals surface area contributed by atoms with Crippen molar-refractivity contribution in [1.82, 2.24) is 0 Å². The van der Waals surface area contributed by atoms with Gasteiger partial charge in [-0.15, -0.1) is 0 Å². The summed E-state index contributed by atoms with van der Waals surface area (Å²) in [6, 6.07) is 9.78. The van der Waals surface area contributed by atoms with Crippen LogP contribution < -0.4 is 5.73 Å². The highest BCUT2D eigenvalue weighted by Gasteiger charge is 2.29. The lowest BCUT2D eigenvalue weighted by molar-refractivity contribution is -0.147. The highest BCUT2D eigenvalue weighted by molar-refractivity contribution is 5.73. The van der Waals surface area contributed by atoms with Crippen LogP contribution in [-0.2, 0) is 11.2 Å². The first-order chi connectivity index (χ1) is 7.42. The van der Waals surface area contributed by atoms with Crippen LogP contribution >= 0.6 is 0 Å². The first-order valence-electron chi connectivity index (χ1n) is 5.45. The van der Waals surface area contributed by atoms with Gasteiger partial charge in [-0.1, -0.05) is 30.3 Å². The van der Waals surface area contributed by atoms with E-state index in [4.69, 9.17) is 10.8 Å². The standard InChI is InChI=1S/C13H19NO2/c1-13(2,12(15)16)9-11(14)8-10-6-4-3-5-7-10/h3-7,11H,8-9,14H2,1-2H3,(H,15,16)/t11-/m0/s1. The molecule has 3 nitrogen and oxygen atoms in total. The SMILES string of the molecule is CC(C)(C[C@@H](N)Cc1ccccc1)C(=O)O. The molecule has 3 N–H and O–H groups in total. The molecule has 0 saturated carbocycles. The maximum atomic E-state index is 11.0. The Morgan fingerprint density at radius 3 is 2.44 bits per heavy atom. The van der Waals surface area contributed by atoms with Gasteiger partial charge in [-0.3, -0.25) is 4.79 Å². The Balaban J connectivity index is 2.54. The first kappa shape index (κ1) is 12.7. The third-order valence-electron chi connectivity index (χ3n) is 2.69. The first-order valence-corrected chi connectivity index (χ1v) is 5.45. The fourth-order valence-electron chi connectivity index (χ4n) is 1.73. The monoisotopic (exact) mass is 221 g/mol. The van der Waals surface area contributed by atoms with E-state index in [1.54, 1.807) is 13.8 Å². The van der Waals surface area contributed by atoms with E-state index in [0.717, 1.165) is 12.0 Å². The van der Waals surface area contributed by atoms with E-state index in [-0.39, 0.29) is 6.04 Å². The third-order valence-corrected chi connectivity index (χ3v) is 2.69. The topological polar surface area (TPSA) is 63.3 Å². The third kappa shape index (κ3) is 3.66. The van der Waals surface area contributed by atoms with E-state index < -0.39 is 11.4 Å². The molecule has 1 rings (SSSR count). The smallest absolute Gasteiger partial charge is 0.309 e. The molecular formula is C13H19NO2. The van der Waals surface area contributed by atoms with E-state index >= 15 is 0 Å². The van der Waals surface area contributed by atoms with E-state index in [1.165, 1.54) is 0 Å². The van der Waals surface area contributed by atoms with Gasteiger partial charge in [-0.2, -0.15) is 0 Å². The van der Waals surface area contributed by atoms with Gasteiger partial charge in [0.1, 0.15) is 0 Å². The molecule has 1 aromatic rings. The Morgan fingerprint density at radius 1 is 1.38 bits per heavy atom. The van der Waals surface area contributed by atoms with Gasteiger partial charge in [0.2, 0.25) is 0 Å². The average Bonchev–Trinajstić information content (AvgIpc) is 2.17. The lowest BCUT2D eigenvalue weighted by atomic mass is 9.84. The maximum absolute atomic E-state index is 11.0. The number of rotatable bonds is 5. The molecule has 0 fully saturated rings. The Bertz CT molecular complexity index is 346. The second-order valence-electron chi connectivity index (χ2n) is 4.84. The second kappa shape index (κ2) is 5.12. The van der Waals surface area contributed by atoms with Crippen molar-refractivity contribution in [3.05, 3.63) is 35.9 Å². The van der Waals surface area contributed by atoms with Crippen LogP contribution in [-0.4, -0.2) is 17.1 Å². The summed E-state index contributed by atoms with van der Waals surface area (Å²) >= 11 is 0. The van der Waals surface area contributed by atoms with E-state index in [0.29, 0.717) is 6.42 Å². The van der Waals surface area contributed by atoms with Gasteiger partial charge >= 0.3 is 5.97 Å². The van der Waals surface area contributed by atoms with Gasteiger partial charge in [-0.25, -0.2) is 0 Å². The van der Waals surface area contributed by atoms with Crippen molar-refractivity contribution in [3.8, 4) is 0 Å². The van der Waals surface area contributed by atoms with Gasteiger partial charge in [0.25, 0.3) is 0 Å². The fraction of sp³-hybridized carbons (Fsp3) is 0.462. The minimum atomic E-state index is -0.795. The summed E-state index contributed by atoms with van der Waals surface area (Å²) in [6.45, 7) is 3.42. The molecule has 0 unspecified atom stereocenters. The summed E-state index contributed by atoms with van der Waals surface area (Å²) in [5, 5.41) is 9.00. The molecule has 16 heavy (non-hydrogen) atoms. The van der Waals surface area contributed by atoms with Crippen LogP contribution in [0.4, 0.5) is 0 Å². The summed E-state index contributed by atoms with van der Waals surface area (Å²) in [5.74, 6) is -0.795. The molecule has 0 aliphatic heterocycles. The van der Waals surface area contributed by atoms with E-state index in [2.05, 4.69) is 0 Å². The normalized spacial score (nSPS) is 13.4. The average molecular weight is 221 g/mol. The van der Waals surface area contributed by atoms with Crippen LogP contribution in [0.15, 0.2) is 30.3 Å². The molecular weight excluding hydrogens is 202 g/mol. The molecule has 3 heteroatoms. The van der Waals surface area contributed by atoms with Crippen LogP contribution in [0.1, 0.15) is 25.8 Å². The quantitative estimate of drug-likeness (QED) is 0.800. The lowest BCUT2D eigenvalue weighted by Crippen LogP contribution is -2.34. The van der Waals surface area contributed by atoms with E-state index in [1.807, 2.05) is 30.3 Å². The van der Waals surface area contributed by atoms with Crippen molar-refractivity contribution >= 4 is 5.97 Å². The highest BCUT2D eigenvalue weighted by atomic mass is 16.4. The number of hydrogen-bond acceptors (Lipinski definition) is 2. The number of aliphatic carboxylic acids is 1. The van der Waals surface area contributed by atoms with Gasteiger partial charge in [0, 0.05) is 6.04 Å². The van der Waals surface area contributed by atoms with Crippen molar-refractivity contribution in [2.45, 2.75) is 32.7 Å². The molecule has 0 radical (unpaired) electrons. The van der Waals surface area contributed by atoms with Gasteiger partial charge < -0.3 is 10.8 Å². The van der Waals surface area contributed by atoms with Crippen LogP contribution in [0.25, 0.3) is 0 Å². The maximum Gasteiger partial charge on any atom is 0.309 e. The molecule has 0 bridgehead atoms. The number of carbonyl (C=O) groups is 1. The van der Waals surface area contributed by atoms with Gasteiger partial charge in [0.15, 0.2) is 0 Å². The van der Waals surface area contributed by atoms with E-state index in [9.17, 15) is 4.79 Å². The minimum absolute atomic E-state index is 0.117. The zero-order valence-corrected chi connectivity index (χ0v) is 9.81. The summed E-state index contributed by atoms with van der Waals surface area (Å²) in [5.41, 5.74) is 6.36. The highest BCUT2D eigenvalue weighted by Crippen LogP contribution is 2.23. The Kier molecular flexibility index (Phi) is 4.07. The summed E-state index contributed by atoms with van der Waals surface area (Å²) in [4.78, 5) is 11.0. The molecule has 0 amide bonds. The van der Waals surface area contributed by atoms with Crippen LogP contribution in [0.2, 0.25) is 0 Å². The van der Waals surface area contributed by atoms with Gasteiger partial charge in [-0.05, 0) is 32.3 Å². The zero-order chi connectivity index (χ0) is 12.2.